The molecule has 1 aromatic rings. The Labute approximate surface area is 143 Å². The van der Waals surface area contributed by atoms with E-state index in [0.29, 0.717) is 24.7 Å². The van der Waals surface area contributed by atoms with Crippen molar-refractivity contribution in [1.82, 2.24) is 15.1 Å². The molecule has 1 fully saturated rings. The molecule has 2 N–H and O–H groups in total. The van der Waals surface area contributed by atoms with E-state index in [9.17, 15) is 13.2 Å². The zero-order valence-electron chi connectivity index (χ0n) is 13.3. The van der Waals surface area contributed by atoms with Crippen molar-refractivity contribution in [1.29, 1.82) is 0 Å². The maximum Gasteiger partial charge on any atom is 0.225 e. The summed E-state index contributed by atoms with van der Waals surface area (Å²) in [5.41, 5.74) is 0. The molecular weight excluding hydrogens is 340 g/mol. The van der Waals surface area contributed by atoms with Gasteiger partial charge >= 0.3 is 0 Å². The van der Waals surface area contributed by atoms with Crippen LogP contribution in [0.1, 0.15) is 26.2 Å². The second-order valence-corrected chi connectivity index (χ2v) is 8.12. The topological polar surface area (TPSA) is 93.1 Å². The first-order valence-electron chi connectivity index (χ1n) is 7.73. The van der Waals surface area contributed by atoms with Crippen LogP contribution < -0.4 is 10.6 Å². The number of aromatic nitrogens is 2. The van der Waals surface area contributed by atoms with Crippen LogP contribution in [-0.4, -0.2) is 48.7 Å². The highest BCUT2D eigenvalue weighted by Gasteiger charge is 2.16. The summed E-state index contributed by atoms with van der Waals surface area (Å²) >= 11 is 0. The number of nitrogens with zero attached hydrogens (tertiary/aromatic N) is 2. The number of hydrogen-bond acceptors (Lipinski definition) is 5. The molecule has 1 aliphatic rings. The largest absolute Gasteiger partial charge is 0.316 e. The summed E-state index contributed by atoms with van der Waals surface area (Å²) in [6.45, 7) is 3.97. The monoisotopic (exact) mass is 364 g/mol. The van der Waals surface area contributed by atoms with Crippen molar-refractivity contribution in [2.45, 2.75) is 32.7 Å². The number of amides is 1. The highest BCUT2D eigenvalue weighted by atomic mass is 35.5. The highest BCUT2D eigenvalue weighted by molar-refractivity contribution is 7.91. The number of anilines is 1. The lowest BCUT2D eigenvalue weighted by molar-refractivity contribution is -0.116. The summed E-state index contributed by atoms with van der Waals surface area (Å²) < 4.78 is 24.4. The molecule has 23 heavy (non-hydrogen) atoms. The maximum atomic E-state index is 11.9. The minimum absolute atomic E-state index is 0. The van der Waals surface area contributed by atoms with Crippen LogP contribution in [0.25, 0.3) is 0 Å². The standard InChI is InChI=1S/C14H24N4O3S.ClH/c1-2-22(20,21)10-9-18-8-6-13(17-18)16-14(19)4-3-12-5-7-15-11-12;/h6,8,12,15H,2-5,7,9-11H2,1H3,(H,16,17,19);1H. The van der Waals surface area contributed by atoms with Crippen molar-refractivity contribution < 1.29 is 13.2 Å². The Bertz CT molecular complexity index is 597. The van der Waals surface area contributed by atoms with Crippen LogP contribution in [0.4, 0.5) is 5.82 Å². The number of carbonyl (C=O) groups is 1. The van der Waals surface area contributed by atoms with Gasteiger partial charge in [-0.15, -0.1) is 12.4 Å². The summed E-state index contributed by atoms with van der Waals surface area (Å²) in [6.07, 6.45) is 4.19. The zero-order chi connectivity index (χ0) is 16.0. The Balaban J connectivity index is 0.00000264. The van der Waals surface area contributed by atoms with Gasteiger partial charge in [0.2, 0.25) is 5.91 Å². The molecule has 1 amide bonds. The fourth-order valence-electron chi connectivity index (χ4n) is 2.43. The third-order valence-corrected chi connectivity index (χ3v) is 5.61. The molecule has 9 heteroatoms. The van der Waals surface area contributed by atoms with Crippen molar-refractivity contribution >= 4 is 34.0 Å². The average Bonchev–Trinajstić information content (AvgIpc) is 3.15. The predicted octanol–water partition coefficient (Wildman–Crippen LogP) is 1.07. The second-order valence-electron chi connectivity index (χ2n) is 5.65. The molecule has 0 aromatic carbocycles. The summed E-state index contributed by atoms with van der Waals surface area (Å²) in [4.78, 5) is 11.9. The summed E-state index contributed by atoms with van der Waals surface area (Å²) in [5.74, 6) is 1.21. The second kappa shape index (κ2) is 9.24. The normalized spacial score (nSPS) is 17.7. The van der Waals surface area contributed by atoms with Crippen LogP contribution in [0.15, 0.2) is 12.3 Å². The average molecular weight is 365 g/mol. The van der Waals surface area contributed by atoms with Crippen molar-refractivity contribution in [3.63, 3.8) is 0 Å². The quantitative estimate of drug-likeness (QED) is 0.719. The minimum Gasteiger partial charge on any atom is -0.316 e. The number of rotatable bonds is 8. The van der Waals surface area contributed by atoms with E-state index >= 15 is 0 Å². The minimum atomic E-state index is -3.00. The molecule has 0 radical (unpaired) electrons. The fourth-order valence-corrected chi connectivity index (χ4v) is 3.19. The molecule has 1 atom stereocenters. The van der Waals surface area contributed by atoms with Crippen molar-refractivity contribution in [2.24, 2.45) is 5.92 Å². The number of sulfone groups is 1. The highest BCUT2D eigenvalue weighted by Crippen LogP contribution is 2.15. The van der Waals surface area contributed by atoms with E-state index in [2.05, 4.69) is 15.7 Å². The van der Waals surface area contributed by atoms with Crippen LogP contribution >= 0.6 is 12.4 Å². The van der Waals surface area contributed by atoms with E-state index in [4.69, 9.17) is 0 Å². The lowest BCUT2D eigenvalue weighted by atomic mass is 10.0. The van der Waals surface area contributed by atoms with Crippen molar-refractivity contribution in [2.75, 3.05) is 29.9 Å². The molecule has 0 spiro atoms. The lowest BCUT2D eigenvalue weighted by Gasteiger charge is -2.07. The number of hydrogen-bond donors (Lipinski definition) is 2. The van der Waals surface area contributed by atoms with Crippen LogP contribution in [-0.2, 0) is 21.2 Å². The molecule has 2 heterocycles. The molecule has 1 aromatic heterocycles. The van der Waals surface area contributed by atoms with Gasteiger partial charge in [0, 0.05) is 24.4 Å². The fraction of sp³-hybridized carbons (Fsp3) is 0.714. The van der Waals surface area contributed by atoms with Gasteiger partial charge < -0.3 is 10.6 Å². The van der Waals surface area contributed by atoms with E-state index in [1.807, 2.05) is 0 Å². The van der Waals surface area contributed by atoms with Gasteiger partial charge in [-0.05, 0) is 31.8 Å². The van der Waals surface area contributed by atoms with Crippen molar-refractivity contribution in [3.05, 3.63) is 12.3 Å². The van der Waals surface area contributed by atoms with E-state index < -0.39 is 9.84 Å². The molecule has 0 saturated carbocycles. The Kier molecular flexibility index (Phi) is 8.01. The third-order valence-electron chi connectivity index (χ3n) is 3.92. The third kappa shape index (κ3) is 6.88. The predicted molar refractivity (Wildman–Crippen MR) is 92.6 cm³/mol. The first kappa shape index (κ1) is 19.9. The van der Waals surface area contributed by atoms with Gasteiger partial charge in [0.25, 0.3) is 0 Å². The van der Waals surface area contributed by atoms with Crippen LogP contribution in [0.3, 0.4) is 0 Å². The van der Waals surface area contributed by atoms with Crippen LogP contribution in [0.5, 0.6) is 0 Å². The molecule has 1 unspecified atom stereocenters. The molecule has 7 nitrogen and oxygen atoms in total. The Hall–Kier alpha value is -1.12. The van der Waals surface area contributed by atoms with Gasteiger partial charge in [-0.3, -0.25) is 9.48 Å². The van der Waals surface area contributed by atoms with Gasteiger partial charge in [0.05, 0.1) is 12.3 Å². The van der Waals surface area contributed by atoms with E-state index in [1.54, 1.807) is 23.9 Å². The van der Waals surface area contributed by atoms with Crippen molar-refractivity contribution in [3.8, 4) is 0 Å². The number of halogens is 1. The molecule has 1 saturated heterocycles. The maximum absolute atomic E-state index is 11.9. The van der Waals surface area contributed by atoms with E-state index in [1.165, 1.54) is 0 Å². The van der Waals surface area contributed by atoms with Gasteiger partial charge in [-0.2, -0.15) is 5.10 Å². The Morgan fingerprint density at radius 2 is 2.30 bits per heavy atom. The smallest absolute Gasteiger partial charge is 0.225 e. The molecule has 0 aliphatic carbocycles. The Morgan fingerprint density at radius 1 is 1.52 bits per heavy atom. The molecule has 1 aliphatic heterocycles. The molecule has 0 bridgehead atoms. The number of carbonyl (C=O) groups excluding carboxylic acids is 1. The van der Waals surface area contributed by atoms with E-state index in [0.717, 1.165) is 25.9 Å². The molecular formula is C14H25ClN4O3S. The van der Waals surface area contributed by atoms with Crippen LogP contribution in [0.2, 0.25) is 0 Å². The van der Waals surface area contributed by atoms with E-state index in [-0.39, 0.29) is 29.8 Å². The first-order valence-corrected chi connectivity index (χ1v) is 9.55. The zero-order valence-corrected chi connectivity index (χ0v) is 15.0. The summed E-state index contributed by atoms with van der Waals surface area (Å²) in [6, 6.07) is 1.69. The number of aryl methyl sites for hydroxylation is 1. The molecule has 2 rings (SSSR count). The van der Waals surface area contributed by atoms with Gasteiger partial charge in [-0.1, -0.05) is 6.92 Å². The first-order chi connectivity index (χ1) is 10.5. The SMILES string of the molecule is CCS(=O)(=O)CCn1ccc(NC(=O)CCC2CCNC2)n1.Cl. The lowest BCUT2D eigenvalue weighted by Crippen LogP contribution is -2.17. The molecule has 132 valence electrons. The van der Waals surface area contributed by atoms with Gasteiger partial charge in [-0.25, -0.2) is 8.42 Å². The summed E-state index contributed by atoms with van der Waals surface area (Å²) in [7, 11) is -3.00. The van der Waals surface area contributed by atoms with Crippen LogP contribution in [0, 0.1) is 5.92 Å². The van der Waals surface area contributed by atoms with Gasteiger partial charge in [0.15, 0.2) is 15.7 Å². The Morgan fingerprint density at radius 3 is 2.96 bits per heavy atom. The number of nitrogens with one attached hydrogen (secondary N) is 2. The summed E-state index contributed by atoms with van der Waals surface area (Å²) in [5, 5.41) is 10.2. The van der Waals surface area contributed by atoms with Gasteiger partial charge in [0.1, 0.15) is 0 Å².